The smallest absolute Gasteiger partial charge is 0.258 e. The van der Waals surface area contributed by atoms with E-state index in [1.165, 1.54) is 11.1 Å². The van der Waals surface area contributed by atoms with Crippen LogP contribution < -0.4 is 10.3 Å². The van der Waals surface area contributed by atoms with E-state index < -0.39 is 0 Å². The maximum atomic E-state index is 13.1. The summed E-state index contributed by atoms with van der Waals surface area (Å²) in [6.45, 7) is 1.40. The first-order chi connectivity index (χ1) is 13.8. The van der Waals surface area contributed by atoms with E-state index in [2.05, 4.69) is 24.3 Å². The first kappa shape index (κ1) is 17.5. The van der Waals surface area contributed by atoms with Crippen molar-refractivity contribution in [2.24, 2.45) is 0 Å². The molecule has 2 heterocycles. The van der Waals surface area contributed by atoms with Crippen molar-refractivity contribution in [2.75, 3.05) is 13.2 Å². The highest BCUT2D eigenvalue weighted by Crippen LogP contribution is 2.29. The lowest BCUT2D eigenvalue weighted by molar-refractivity contribution is 0.0680. The monoisotopic (exact) mass is 375 g/mol. The number of aromatic nitrogens is 1. The van der Waals surface area contributed by atoms with Gasteiger partial charge in [0.25, 0.3) is 5.56 Å². The Kier molecular flexibility index (Phi) is 4.65. The highest BCUT2D eigenvalue weighted by molar-refractivity contribution is 5.82. The van der Waals surface area contributed by atoms with Gasteiger partial charge < -0.3 is 14.0 Å². The van der Waals surface area contributed by atoms with Crippen LogP contribution in [0.4, 0.5) is 0 Å². The summed E-state index contributed by atoms with van der Waals surface area (Å²) in [5, 5.41) is 1.69. The third kappa shape index (κ3) is 3.33. The molecule has 0 bridgehead atoms. The Morgan fingerprint density at radius 3 is 2.82 bits per heavy atom. The van der Waals surface area contributed by atoms with Gasteiger partial charge in [-0.25, -0.2) is 0 Å². The first-order valence-electron chi connectivity index (χ1n) is 10.2. The number of pyridine rings is 1. The highest BCUT2D eigenvalue weighted by atomic mass is 16.5. The van der Waals surface area contributed by atoms with Gasteiger partial charge in [0.1, 0.15) is 12.4 Å². The van der Waals surface area contributed by atoms with Gasteiger partial charge in [-0.15, -0.1) is 0 Å². The zero-order valence-electron chi connectivity index (χ0n) is 16.0. The van der Waals surface area contributed by atoms with Crippen molar-refractivity contribution in [1.29, 1.82) is 0 Å². The lowest BCUT2D eigenvalue weighted by atomic mass is 9.88. The molecule has 1 aromatic heterocycles. The molecule has 3 aromatic rings. The fraction of sp³-hybridized carbons (Fsp3) is 0.375. The van der Waals surface area contributed by atoms with Gasteiger partial charge in [0.2, 0.25) is 0 Å². The molecule has 0 amide bonds. The normalized spacial score (nSPS) is 21.6. The van der Waals surface area contributed by atoms with Gasteiger partial charge in [-0.2, -0.15) is 0 Å². The van der Waals surface area contributed by atoms with E-state index >= 15 is 0 Å². The van der Waals surface area contributed by atoms with Crippen LogP contribution in [0.2, 0.25) is 0 Å². The Balaban J connectivity index is 1.38. The Labute approximate surface area is 164 Å². The van der Waals surface area contributed by atoms with Crippen LogP contribution in [0, 0.1) is 0 Å². The summed E-state index contributed by atoms with van der Waals surface area (Å²) in [7, 11) is 0. The fourth-order valence-electron chi connectivity index (χ4n) is 4.50. The molecular weight excluding hydrogens is 350 g/mol. The van der Waals surface area contributed by atoms with Crippen molar-refractivity contribution < 1.29 is 9.47 Å². The molecule has 5 rings (SSSR count). The molecule has 4 heteroatoms. The van der Waals surface area contributed by atoms with Gasteiger partial charge in [0.05, 0.1) is 6.10 Å². The van der Waals surface area contributed by atoms with E-state index in [9.17, 15) is 4.79 Å². The molecule has 144 valence electrons. The summed E-state index contributed by atoms with van der Waals surface area (Å²) in [6.07, 6.45) is 7.27. The van der Waals surface area contributed by atoms with E-state index in [1.807, 2.05) is 35.0 Å². The number of hydrogen-bond donors (Lipinski definition) is 0. The maximum Gasteiger partial charge on any atom is 0.258 e. The summed E-state index contributed by atoms with van der Waals surface area (Å²) in [4.78, 5) is 13.1. The molecule has 0 spiro atoms. The molecule has 1 fully saturated rings. The van der Waals surface area contributed by atoms with Gasteiger partial charge >= 0.3 is 0 Å². The molecule has 1 aliphatic heterocycles. The SMILES string of the molecule is O=c1c2ccc(OCC3CCCO3)cc2ccn1C1CCc2ccccc2C1. The Morgan fingerprint density at radius 1 is 1.07 bits per heavy atom. The summed E-state index contributed by atoms with van der Waals surface area (Å²) in [5.74, 6) is 0.798. The number of fused-ring (bicyclic) bond motifs is 2. The van der Waals surface area contributed by atoms with Crippen LogP contribution in [0.15, 0.2) is 59.5 Å². The number of nitrogens with zero attached hydrogens (tertiary/aromatic N) is 1. The van der Waals surface area contributed by atoms with Crippen molar-refractivity contribution in [3.05, 3.63) is 76.2 Å². The lowest BCUT2D eigenvalue weighted by Gasteiger charge is -2.26. The highest BCUT2D eigenvalue weighted by Gasteiger charge is 2.21. The van der Waals surface area contributed by atoms with E-state index in [1.54, 1.807) is 0 Å². The third-order valence-electron chi connectivity index (χ3n) is 6.08. The van der Waals surface area contributed by atoms with Crippen LogP contribution in [0.25, 0.3) is 10.8 Å². The average molecular weight is 375 g/mol. The molecular formula is C24H25NO3. The van der Waals surface area contributed by atoms with Crippen LogP contribution in [0.3, 0.4) is 0 Å². The van der Waals surface area contributed by atoms with E-state index in [0.717, 1.165) is 55.2 Å². The van der Waals surface area contributed by atoms with Gasteiger partial charge in [-0.3, -0.25) is 4.79 Å². The second-order valence-electron chi connectivity index (χ2n) is 7.89. The molecule has 0 N–H and O–H groups in total. The minimum Gasteiger partial charge on any atom is -0.491 e. The van der Waals surface area contributed by atoms with Crippen molar-refractivity contribution >= 4 is 10.8 Å². The number of ether oxygens (including phenoxy) is 2. The molecule has 0 radical (unpaired) electrons. The average Bonchev–Trinajstić information content (AvgIpc) is 3.26. The molecule has 1 aliphatic carbocycles. The number of hydrogen-bond acceptors (Lipinski definition) is 3. The summed E-state index contributed by atoms with van der Waals surface area (Å²) in [6, 6.07) is 16.6. The zero-order chi connectivity index (χ0) is 18.9. The summed E-state index contributed by atoms with van der Waals surface area (Å²) >= 11 is 0. The molecule has 2 aliphatic rings. The minimum atomic E-state index is 0.0903. The predicted octanol–water partition coefficient (Wildman–Crippen LogP) is 4.29. The van der Waals surface area contributed by atoms with E-state index in [-0.39, 0.29) is 17.7 Å². The molecule has 2 unspecified atom stereocenters. The second kappa shape index (κ2) is 7.44. The number of benzene rings is 2. The molecule has 4 nitrogen and oxygen atoms in total. The summed E-state index contributed by atoms with van der Waals surface area (Å²) in [5.41, 5.74) is 2.87. The van der Waals surface area contributed by atoms with Gasteiger partial charge in [-0.1, -0.05) is 24.3 Å². The zero-order valence-corrected chi connectivity index (χ0v) is 16.0. The van der Waals surface area contributed by atoms with E-state index in [4.69, 9.17) is 9.47 Å². The molecule has 2 aromatic carbocycles. The number of aryl methyl sites for hydroxylation is 1. The maximum absolute atomic E-state index is 13.1. The van der Waals surface area contributed by atoms with Crippen molar-refractivity contribution in [2.45, 2.75) is 44.2 Å². The predicted molar refractivity (Wildman–Crippen MR) is 110 cm³/mol. The van der Waals surface area contributed by atoms with Crippen molar-refractivity contribution in [1.82, 2.24) is 4.57 Å². The quantitative estimate of drug-likeness (QED) is 0.683. The third-order valence-corrected chi connectivity index (χ3v) is 6.08. The van der Waals surface area contributed by atoms with Crippen LogP contribution in [-0.4, -0.2) is 23.9 Å². The van der Waals surface area contributed by atoms with Crippen molar-refractivity contribution in [3.8, 4) is 5.75 Å². The van der Waals surface area contributed by atoms with Gasteiger partial charge in [0, 0.05) is 24.2 Å². The van der Waals surface area contributed by atoms with Crippen LogP contribution >= 0.6 is 0 Å². The topological polar surface area (TPSA) is 40.5 Å². The van der Waals surface area contributed by atoms with E-state index in [0.29, 0.717) is 6.61 Å². The van der Waals surface area contributed by atoms with Gasteiger partial charge in [-0.05, 0) is 72.9 Å². The fourth-order valence-corrected chi connectivity index (χ4v) is 4.50. The second-order valence-corrected chi connectivity index (χ2v) is 7.89. The lowest BCUT2D eigenvalue weighted by Crippen LogP contribution is -2.28. The molecule has 0 saturated carbocycles. The first-order valence-corrected chi connectivity index (χ1v) is 10.2. The van der Waals surface area contributed by atoms with Gasteiger partial charge in [0.15, 0.2) is 0 Å². The Morgan fingerprint density at radius 2 is 1.96 bits per heavy atom. The number of rotatable bonds is 4. The molecule has 28 heavy (non-hydrogen) atoms. The van der Waals surface area contributed by atoms with Crippen LogP contribution in [0.1, 0.15) is 36.4 Å². The van der Waals surface area contributed by atoms with Crippen LogP contribution in [0.5, 0.6) is 5.75 Å². The standard InChI is InChI=1S/C24H25NO3/c26-24-23-10-9-21(28-16-22-6-3-13-27-22)15-19(23)11-12-25(24)20-8-7-17-4-1-2-5-18(17)14-20/h1-2,4-5,9-12,15,20,22H,3,6-8,13-14,16H2. The summed E-state index contributed by atoms with van der Waals surface area (Å²) < 4.78 is 13.4. The molecule has 2 atom stereocenters. The Bertz CT molecular complexity index is 1050. The van der Waals surface area contributed by atoms with Crippen LogP contribution in [-0.2, 0) is 17.6 Å². The minimum absolute atomic E-state index is 0.0903. The Hall–Kier alpha value is -2.59. The van der Waals surface area contributed by atoms with Crippen molar-refractivity contribution in [3.63, 3.8) is 0 Å². The largest absolute Gasteiger partial charge is 0.491 e. The molecule has 1 saturated heterocycles.